The van der Waals surface area contributed by atoms with Crippen LogP contribution in [0.15, 0.2) is 23.5 Å². The molecule has 0 aromatic heterocycles. The van der Waals surface area contributed by atoms with E-state index in [1.54, 1.807) is 13.0 Å². The van der Waals surface area contributed by atoms with Gasteiger partial charge in [0, 0.05) is 24.2 Å². The lowest BCUT2D eigenvalue weighted by Gasteiger charge is -2.59. The second-order valence-corrected chi connectivity index (χ2v) is 10.6. The Bertz CT molecular complexity index is 996. The van der Waals surface area contributed by atoms with Gasteiger partial charge in [-0.25, -0.2) is 0 Å². The third-order valence-electron chi connectivity index (χ3n) is 8.13. The molecule has 174 valence electrons. The Morgan fingerprint density at radius 3 is 2.72 bits per heavy atom. The van der Waals surface area contributed by atoms with Crippen molar-refractivity contribution in [2.24, 2.45) is 5.92 Å². The number of aromatic hydroxyl groups is 1. The lowest BCUT2D eigenvalue weighted by Crippen LogP contribution is -2.73. The maximum absolute atomic E-state index is 12.7. The summed E-state index contributed by atoms with van der Waals surface area (Å²) in [6.07, 6.45) is 2.77. The van der Waals surface area contributed by atoms with E-state index in [0.29, 0.717) is 24.5 Å². The Labute approximate surface area is 189 Å². The molecule has 1 amide bonds. The maximum atomic E-state index is 12.7. The first-order valence-electron chi connectivity index (χ1n) is 11.8. The molecule has 1 spiro atoms. The molecule has 2 aliphatic carbocycles. The van der Waals surface area contributed by atoms with E-state index < -0.39 is 17.1 Å². The molecule has 2 bridgehead atoms. The van der Waals surface area contributed by atoms with E-state index in [-0.39, 0.29) is 35.1 Å². The van der Waals surface area contributed by atoms with E-state index in [9.17, 15) is 20.1 Å². The fourth-order valence-corrected chi connectivity index (χ4v) is 6.26. The van der Waals surface area contributed by atoms with Gasteiger partial charge >= 0.3 is 0 Å². The Kier molecular flexibility index (Phi) is 4.81. The Morgan fingerprint density at radius 1 is 1.34 bits per heavy atom. The molecule has 1 aromatic carbocycles. The summed E-state index contributed by atoms with van der Waals surface area (Å²) in [5.41, 5.74) is -0.152. The highest BCUT2D eigenvalue weighted by Crippen LogP contribution is 2.63. The van der Waals surface area contributed by atoms with Gasteiger partial charge in [-0.15, -0.1) is 0 Å². The van der Waals surface area contributed by atoms with Crippen LogP contribution in [0.1, 0.15) is 58.1 Å². The summed E-state index contributed by atoms with van der Waals surface area (Å²) in [4.78, 5) is 15.1. The highest BCUT2D eigenvalue weighted by Gasteiger charge is 2.69. The van der Waals surface area contributed by atoms with Crippen molar-refractivity contribution in [3.63, 3.8) is 0 Å². The number of nitrogens with zero attached hydrogens (tertiary/aromatic N) is 1. The Morgan fingerprint density at radius 2 is 2.06 bits per heavy atom. The number of piperidine rings is 1. The molecule has 2 heterocycles. The zero-order valence-corrected chi connectivity index (χ0v) is 19.3. The molecule has 1 saturated carbocycles. The van der Waals surface area contributed by atoms with Crippen LogP contribution in [0, 0.1) is 5.92 Å². The number of aliphatic hydroxyl groups excluding tert-OH is 1. The molecule has 4 N–H and O–H groups in total. The third kappa shape index (κ3) is 2.90. The molecule has 2 aliphatic heterocycles. The molecule has 7 nitrogen and oxygen atoms in total. The number of phenolic OH excluding ortho intramolecular Hbond substituents is 1. The lowest BCUT2D eigenvalue weighted by atomic mass is 9.53. The number of likely N-dealkylation sites (tertiary alicyclic amines) is 1. The largest absolute Gasteiger partial charge is 0.508 e. The molecule has 5 rings (SSSR count). The van der Waals surface area contributed by atoms with Crippen molar-refractivity contribution in [1.82, 2.24) is 10.2 Å². The normalized spacial score (nSPS) is 34.1. The molecule has 1 saturated heterocycles. The average molecular weight is 443 g/mol. The van der Waals surface area contributed by atoms with Gasteiger partial charge in [0.05, 0.1) is 16.6 Å². The van der Waals surface area contributed by atoms with Crippen molar-refractivity contribution in [2.45, 2.75) is 82.6 Å². The zero-order chi connectivity index (χ0) is 23.0. The van der Waals surface area contributed by atoms with Gasteiger partial charge in [-0.1, -0.05) is 6.07 Å². The van der Waals surface area contributed by atoms with Crippen molar-refractivity contribution in [2.75, 3.05) is 13.1 Å². The van der Waals surface area contributed by atoms with Crippen molar-refractivity contribution >= 4 is 5.91 Å². The van der Waals surface area contributed by atoms with Crippen molar-refractivity contribution in [3.05, 3.63) is 34.6 Å². The summed E-state index contributed by atoms with van der Waals surface area (Å²) < 4.78 is 6.22. The number of nitrogens with one attached hydrogen (secondary N) is 1. The van der Waals surface area contributed by atoms with E-state index in [0.717, 1.165) is 24.2 Å². The minimum absolute atomic E-state index is 0.00244. The SMILES string of the molecule is C/C(C(=O)NC(C)C)=C(/O)[C@@H]1Oc2c(O)ccc3c2[C@@]12CCN(CC1CC1)[C@H](C3)[C@@]2(C)O. The predicted octanol–water partition coefficient (Wildman–Crippen LogP) is 2.54. The average Bonchev–Trinajstić information content (AvgIpc) is 3.46. The van der Waals surface area contributed by atoms with Crippen LogP contribution in [0.25, 0.3) is 0 Å². The summed E-state index contributed by atoms with van der Waals surface area (Å²) in [5.74, 6) is 0.475. The van der Waals surface area contributed by atoms with Gasteiger partial charge in [0.1, 0.15) is 5.76 Å². The third-order valence-corrected chi connectivity index (χ3v) is 8.13. The minimum atomic E-state index is -1.21. The fourth-order valence-electron chi connectivity index (χ4n) is 6.26. The number of benzene rings is 1. The summed E-state index contributed by atoms with van der Waals surface area (Å²) in [6, 6.07) is 3.35. The van der Waals surface area contributed by atoms with Gasteiger partial charge in [-0.3, -0.25) is 9.69 Å². The molecule has 4 atom stereocenters. The predicted molar refractivity (Wildman–Crippen MR) is 120 cm³/mol. The summed E-state index contributed by atoms with van der Waals surface area (Å²) in [5, 5.41) is 36.9. The molecule has 7 heteroatoms. The van der Waals surface area contributed by atoms with Gasteiger partial charge in [0.25, 0.3) is 5.91 Å². The van der Waals surface area contributed by atoms with Crippen LogP contribution >= 0.6 is 0 Å². The van der Waals surface area contributed by atoms with Gasteiger partial charge in [-0.05, 0) is 77.5 Å². The van der Waals surface area contributed by atoms with E-state index in [4.69, 9.17) is 4.74 Å². The number of carbonyl (C=O) groups is 1. The molecular formula is C25H34N2O5. The molecule has 0 unspecified atom stereocenters. The first-order chi connectivity index (χ1) is 15.1. The first-order valence-corrected chi connectivity index (χ1v) is 11.8. The van der Waals surface area contributed by atoms with Crippen LogP contribution in [0.5, 0.6) is 11.5 Å². The maximum Gasteiger partial charge on any atom is 0.250 e. The number of hydrogen-bond donors (Lipinski definition) is 4. The number of rotatable bonds is 5. The topological polar surface area (TPSA) is 102 Å². The number of carbonyl (C=O) groups excluding carboxylic acids is 1. The number of phenols is 1. The van der Waals surface area contributed by atoms with E-state index in [1.165, 1.54) is 12.8 Å². The van der Waals surface area contributed by atoms with Crippen LogP contribution in [0.2, 0.25) is 0 Å². The van der Waals surface area contributed by atoms with Crippen molar-refractivity contribution in [3.8, 4) is 11.5 Å². The molecule has 4 aliphatic rings. The summed E-state index contributed by atoms with van der Waals surface area (Å²) >= 11 is 0. The van der Waals surface area contributed by atoms with Crippen LogP contribution in [-0.2, 0) is 16.6 Å². The van der Waals surface area contributed by atoms with Crippen LogP contribution in [-0.4, -0.2) is 63.0 Å². The van der Waals surface area contributed by atoms with Gasteiger partial charge < -0.3 is 25.4 Å². The zero-order valence-electron chi connectivity index (χ0n) is 19.3. The fraction of sp³-hybridized carbons (Fsp3) is 0.640. The highest BCUT2D eigenvalue weighted by molar-refractivity contribution is 5.93. The molecular weight excluding hydrogens is 408 g/mol. The minimum Gasteiger partial charge on any atom is -0.508 e. The van der Waals surface area contributed by atoms with Crippen LogP contribution in [0.3, 0.4) is 0 Å². The number of aliphatic hydroxyl groups is 2. The monoisotopic (exact) mass is 442 g/mol. The number of amides is 1. The number of ether oxygens (including phenoxy) is 1. The van der Waals surface area contributed by atoms with Crippen LogP contribution < -0.4 is 10.1 Å². The van der Waals surface area contributed by atoms with Crippen LogP contribution in [0.4, 0.5) is 0 Å². The standard InChI is InChI=1S/C25H34N2O5/c1-13(2)26-23(30)14(3)20(29)22-25-9-10-27(12-15-5-6-15)18(24(25,4)31)11-16-7-8-17(28)21(32-22)19(16)25/h7-8,13,15,18,22,28-29,31H,5-6,9-12H2,1-4H3,(H,26,30)/b20-14-/t18-,22+,24-,25+/m1/s1. The second kappa shape index (κ2) is 7.12. The smallest absolute Gasteiger partial charge is 0.250 e. The summed E-state index contributed by atoms with van der Waals surface area (Å²) in [7, 11) is 0. The molecule has 2 fully saturated rings. The molecule has 0 radical (unpaired) electrons. The number of fused-ring (bicyclic) bond motifs is 1. The van der Waals surface area contributed by atoms with Gasteiger partial charge in [0.15, 0.2) is 17.6 Å². The molecule has 1 aromatic rings. The van der Waals surface area contributed by atoms with E-state index in [2.05, 4.69) is 10.2 Å². The number of hydrogen-bond acceptors (Lipinski definition) is 6. The second-order valence-electron chi connectivity index (χ2n) is 10.6. The molecule has 32 heavy (non-hydrogen) atoms. The van der Waals surface area contributed by atoms with E-state index in [1.807, 2.05) is 26.8 Å². The Hall–Kier alpha value is -2.25. The van der Waals surface area contributed by atoms with Gasteiger partial charge in [0.2, 0.25) is 0 Å². The lowest BCUT2D eigenvalue weighted by molar-refractivity contribution is -0.153. The van der Waals surface area contributed by atoms with Crippen molar-refractivity contribution in [1.29, 1.82) is 0 Å². The van der Waals surface area contributed by atoms with Crippen molar-refractivity contribution < 1.29 is 24.9 Å². The summed E-state index contributed by atoms with van der Waals surface area (Å²) in [6.45, 7) is 8.88. The first kappa shape index (κ1) is 21.6. The quantitative estimate of drug-likeness (QED) is 0.413. The van der Waals surface area contributed by atoms with Gasteiger partial charge in [-0.2, -0.15) is 0 Å². The Balaban J connectivity index is 1.64. The van der Waals surface area contributed by atoms with E-state index >= 15 is 0 Å². The highest BCUT2D eigenvalue weighted by atomic mass is 16.5.